The van der Waals surface area contributed by atoms with Crippen LogP contribution in [0.15, 0.2) is 24.3 Å². The van der Waals surface area contributed by atoms with E-state index in [0.717, 1.165) is 43.9 Å². The van der Waals surface area contributed by atoms with Crippen LogP contribution in [-0.4, -0.2) is 48.4 Å². The summed E-state index contributed by atoms with van der Waals surface area (Å²) in [5, 5.41) is 11.0. The molecule has 0 heterocycles. The lowest BCUT2D eigenvalue weighted by molar-refractivity contribution is -0.386. The van der Waals surface area contributed by atoms with E-state index in [1.807, 2.05) is 24.3 Å². The summed E-state index contributed by atoms with van der Waals surface area (Å²) in [7, 11) is 0. The number of hydrogen-bond donors (Lipinski definition) is 2. The van der Waals surface area contributed by atoms with Gasteiger partial charge in [-0.05, 0) is 49.8 Å². The molecule has 198 valence electrons. The highest BCUT2D eigenvalue weighted by atomic mass is 16.6. The normalized spacial score (nSPS) is 27.5. The summed E-state index contributed by atoms with van der Waals surface area (Å²) in [6.07, 6.45) is 9.68. The quantitative estimate of drug-likeness (QED) is 0.196. The first-order chi connectivity index (χ1) is 16.8. The summed E-state index contributed by atoms with van der Waals surface area (Å²) in [6, 6.07) is 7.82. The Morgan fingerprint density at radius 1 is 1.03 bits per heavy atom. The number of ether oxygens (including phenoxy) is 2. The zero-order valence-corrected chi connectivity index (χ0v) is 23.2. The van der Waals surface area contributed by atoms with E-state index in [2.05, 4.69) is 51.4 Å². The van der Waals surface area contributed by atoms with Gasteiger partial charge in [0.25, 0.3) is 5.69 Å². The number of benzene rings is 1. The molecule has 1 aromatic carbocycles. The minimum absolute atomic E-state index is 0.0134. The van der Waals surface area contributed by atoms with Crippen LogP contribution in [-0.2, 0) is 4.74 Å². The van der Waals surface area contributed by atoms with Gasteiger partial charge in [-0.25, -0.2) is 0 Å². The van der Waals surface area contributed by atoms with E-state index >= 15 is 0 Å². The summed E-state index contributed by atoms with van der Waals surface area (Å²) in [4.78, 5) is 5.62. The summed E-state index contributed by atoms with van der Waals surface area (Å²) in [6.45, 7) is 17.7. The Labute approximate surface area is 214 Å². The molecule has 2 N–H and O–H groups in total. The van der Waals surface area contributed by atoms with Crippen molar-refractivity contribution < 1.29 is 19.6 Å². The van der Waals surface area contributed by atoms with Crippen molar-refractivity contribution in [3.63, 3.8) is 0 Å². The van der Waals surface area contributed by atoms with Crippen LogP contribution in [0, 0.1) is 22.7 Å². The first-order valence-corrected chi connectivity index (χ1v) is 14.2. The van der Waals surface area contributed by atoms with Gasteiger partial charge in [0.05, 0.1) is 6.61 Å². The molecule has 35 heavy (non-hydrogen) atoms. The highest BCUT2D eigenvalue weighted by Gasteiger charge is 2.67. The lowest BCUT2D eigenvalue weighted by Gasteiger charge is -2.39. The standard InChI is InChI=1S/C30H50N2O3/c1-7-10-11-12-13-16-21-34-26-18-15-14-17-25(26)31-28(33)35-27-23(22-32(8-2)9-3)24-19-20-30(27,6)29(24,4)5/h14-15,17-18,23-24,27H,7-13,16,19-22H2,1-6H3,(H,31,33)/p+1/t23-,24+,27-,30-/m1/s1. The largest absolute Gasteiger partial charge is 0.551 e. The zero-order chi connectivity index (χ0) is 25.5. The first kappa shape index (κ1) is 27.8. The number of nitrogens with zero attached hydrogens (tertiary/aromatic N) is 1. The van der Waals surface area contributed by atoms with E-state index in [1.165, 1.54) is 38.5 Å². The second-order valence-corrected chi connectivity index (χ2v) is 11.5. The molecule has 0 unspecified atom stereocenters. The number of nitrogens with one attached hydrogen (secondary N) is 1. The summed E-state index contributed by atoms with van der Waals surface area (Å²) in [5.41, 5.74) is 0.983. The van der Waals surface area contributed by atoms with Crippen molar-refractivity contribution in [3.8, 4) is 5.75 Å². The lowest BCUT2D eigenvalue weighted by atomic mass is 9.70. The summed E-state index contributed by atoms with van der Waals surface area (Å²) < 4.78 is 12.5. The molecule has 3 rings (SSSR count). The molecule has 2 bridgehead atoms. The average molecular weight is 488 g/mol. The Kier molecular flexibility index (Phi) is 9.92. The van der Waals surface area contributed by atoms with Crippen LogP contribution >= 0.6 is 0 Å². The molecule has 0 spiro atoms. The van der Waals surface area contributed by atoms with Gasteiger partial charge in [0.2, 0.25) is 0 Å². The molecule has 2 fully saturated rings. The Hall–Kier alpha value is -1.75. The van der Waals surface area contributed by atoms with Gasteiger partial charge < -0.3 is 19.5 Å². The van der Waals surface area contributed by atoms with Crippen molar-refractivity contribution in [1.82, 2.24) is 4.90 Å². The fourth-order valence-corrected chi connectivity index (χ4v) is 6.75. The summed E-state index contributed by atoms with van der Waals surface area (Å²) >= 11 is 0. The van der Waals surface area contributed by atoms with Crippen LogP contribution < -0.4 is 9.73 Å². The van der Waals surface area contributed by atoms with Crippen molar-refractivity contribution in [2.45, 2.75) is 99.0 Å². The number of fused-ring (bicyclic) bond motifs is 2. The molecule has 0 amide bonds. The molecule has 5 nitrogen and oxygen atoms in total. The van der Waals surface area contributed by atoms with Crippen LogP contribution in [0.25, 0.3) is 0 Å². The minimum Gasteiger partial charge on any atom is -0.487 e. The van der Waals surface area contributed by atoms with E-state index in [0.29, 0.717) is 18.4 Å². The fourth-order valence-electron chi connectivity index (χ4n) is 6.75. The lowest BCUT2D eigenvalue weighted by Crippen LogP contribution is -2.68. The number of rotatable bonds is 14. The third-order valence-electron chi connectivity index (χ3n) is 9.39. The van der Waals surface area contributed by atoms with Crippen LogP contribution in [0.5, 0.6) is 5.75 Å². The van der Waals surface area contributed by atoms with Gasteiger partial charge in [0.1, 0.15) is 6.10 Å². The van der Waals surface area contributed by atoms with Crippen LogP contribution in [0.4, 0.5) is 5.69 Å². The second kappa shape index (κ2) is 12.5. The molecule has 2 aliphatic carbocycles. The Morgan fingerprint density at radius 3 is 2.43 bits per heavy atom. The maximum absolute atomic E-state index is 11.0. The van der Waals surface area contributed by atoms with Gasteiger partial charge in [-0.2, -0.15) is 0 Å². The second-order valence-electron chi connectivity index (χ2n) is 11.5. The maximum atomic E-state index is 11.0. The molecule has 2 saturated carbocycles. The Bertz CT molecular complexity index is 820. The maximum Gasteiger partial charge on any atom is 0.551 e. The zero-order valence-electron chi connectivity index (χ0n) is 23.2. The third kappa shape index (κ3) is 6.15. The minimum atomic E-state index is -0.111. The molecule has 0 saturated heterocycles. The van der Waals surface area contributed by atoms with Gasteiger partial charge in [-0.15, -0.1) is 4.99 Å². The molecule has 4 atom stereocenters. The molecular formula is C30H51N2O3+. The predicted octanol–water partition coefficient (Wildman–Crippen LogP) is 5.85. The monoisotopic (exact) mass is 487 g/mol. The summed E-state index contributed by atoms with van der Waals surface area (Å²) in [5.74, 6) is 1.78. The predicted molar refractivity (Wildman–Crippen MR) is 144 cm³/mol. The molecule has 0 radical (unpaired) electrons. The molecular weight excluding hydrogens is 436 g/mol. The smallest absolute Gasteiger partial charge is 0.487 e. The fraction of sp³-hybridized carbons (Fsp3) is 0.767. The van der Waals surface area contributed by atoms with Crippen LogP contribution in [0.2, 0.25) is 0 Å². The Balaban J connectivity index is 1.68. The van der Waals surface area contributed by atoms with E-state index in [1.54, 1.807) is 0 Å². The SMILES string of the molecule is CCCCCCCCOc1ccccc1[NH+]=C(O)O[C@@H]1[C@H](CN(CC)CC)[C@@H]2CC[C@@]1(C)C2(C)C. The number of aliphatic hydroxyl groups excluding tert-OH is 1. The van der Waals surface area contributed by atoms with Gasteiger partial charge in [-0.3, -0.25) is 0 Å². The van der Waals surface area contributed by atoms with Gasteiger partial charge in [0.15, 0.2) is 5.75 Å². The van der Waals surface area contributed by atoms with E-state index < -0.39 is 0 Å². The number of unbranched alkanes of at least 4 members (excludes halogenated alkanes) is 5. The van der Waals surface area contributed by atoms with Crippen molar-refractivity contribution in [3.05, 3.63) is 24.3 Å². The number of aliphatic hydroxyl groups is 1. The van der Waals surface area contributed by atoms with E-state index in [9.17, 15) is 5.11 Å². The molecule has 0 aromatic heterocycles. The van der Waals surface area contributed by atoms with Crippen LogP contribution in [0.1, 0.15) is 92.9 Å². The third-order valence-corrected chi connectivity index (χ3v) is 9.39. The highest BCUT2D eigenvalue weighted by Crippen LogP contribution is 2.68. The van der Waals surface area contributed by atoms with Gasteiger partial charge >= 0.3 is 6.08 Å². The van der Waals surface area contributed by atoms with E-state index in [-0.39, 0.29) is 23.0 Å². The van der Waals surface area contributed by atoms with Gasteiger partial charge in [-0.1, -0.05) is 85.8 Å². The first-order valence-electron chi connectivity index (χ1n) is 14.2. The van der Waals surface area contributed by atoms with Gasteiger partial charge in [0, 0.05) is 23.9 Å². The average Bonchev–Trinajstić information content (AvgIpc) is 3.16. The van der Waals surface area contributed by atoms with Crippen molar-refractivity contribution in [2.24, 2.45) is 22.7 Å². The topological polar surface area (TPSA) is 55.9 Å². The van der Waals surface area contributed by atoms with E-state index in [4.69, 9.17) is 9.47 Å². The molecule has 1 aromatic rings. The Morgan fingerprint density at radius 2 is 1.71 bits per heavy atom. The van der Waals surface area contributed by atoms with Crippen molar-refractivity contribution in [1.29, 1.82) is 0 Å². The number of hydrogen-bond acceptors (Lipinski definition) is 3. The van der Waals surface area contributed by atoms with Crippen molar-refractivity contribution in [2.75, 3.05) is 26.2 Å². The number of para-hydroxylation sites is 2. The highest BCUT2D eigenvalue weighted by molar-refractivity contribution is 5.60. The molecule has 2 aliphatic rings. The molecule has 5 heteroatoms. The molecule has 0 aliphatic heterocycles. The van der Waals surface area contributed by atoms with Crippen molar-refractivity contribution >= 4 is 11.8 Å². The van der Waals surface area contributed by atoms with Crippen LogP contribution in [0.3, 0.4) is 0 Å².